The molecule has 41 heavy (non-hydrogen) atoms. The number of carbonyl (C=O) groups is 1. The third kappa shape index (κ3) is 6.52. The maximum atomic E-state index is 11.4. The zero-order valence-corrected chi connectivity index (χ0v) is 24.8. The number of ether oxygens (including phenoxy) is 3. The van der Waals surface area contributed by atoms with Crippen molar-refractivity contribution in [1.82, 2.24) is 4.72 Å². The zero-order chi connectivity index (χ0) is 29.4. The molecule has 0 aromatic heterocycles. The topological polar surface area (TPSA) is 111 Å². The first-order valence-corrected chi connectivity index (χ1v) is 15.8. The molecule has 2 N–H and O–H groups in total. The molecule has 0 radical (unpaired) electrons. The molecule has 3 aromatic carbocycles. The molecule has 3 aromatic rings. The Morgan fingerprint density at radius 2 is 1.78 bits per heavy atom. The summed E-state index contributed by atoms with van der Waals surface area (Å²) in [5, 5.41) is 9.37. The first-order chi connectivity index (χ1) is 19.5. The predicted molar refractivity (Wildman–Crippen MR) is 157 cm³/mol. The Balaban J connectivity index is 1.26. The van der Waals surface area contributed by atoms with Crippen molar-refractivity contribution >= 4 is 16.0 Å². The highest BCUT2D eigenvalue weighted by atomic mass is 32.2. The highest BCUT2D eigenvalue weighted by Crippen LogP contribution is 2.59. The van der Waals surface area contributed by atoms with Crippen LogP contribution in [0.15, 0.2) is 48.5 Å². The fraction of sp³-hybridized carbons (Fsp3) is 0.406. The molecule has 1 unspecified atom stereocenters. The number of nitrogens with one attached hydrogen (secondary N) is 1. The van der Waals surface area contributed by atoms with E-state index in [4.69, 9.17) is 14.2 Å². The molecule has 0 saturated heterocycles. The second kappa shape index (κ2) is 11.4. The van der Waals surface area contributed by atoms with E-state index in [1.54, 1.807) is 0 Å². The highest BCUT2D eigenvalue weighted by Gasteiger charge is 2.57. The number of aliphatic carboxylic acids is 1. The van der Waals surface area contributed by atoms with Crippen LogP contribution in [0.1, 0.15) is 59.4 Å². The summed E-state index contributed by atoms with van der Waals surface area (Å²) >= 11 is 0. The van der Waals surface area contributed by atoms with Gasteiger partial charge in [-0.05, 0) is 91.6 Å². The van der Waals surface area contributed by atoms with Crippen LogP contribution in [0.3, 0.4) is 0 Å². The predicted octanol–water partition coefficient (Wildman–Crippen LogP) is 5.66. The van der Waals surface area contributed by atoms with Crippen LogP contribution >= 0.6 is 0 Å². The maximum absolute atomic E-state index is 11.4. The van der Waals surface area contributed by atoms with Gasteiger partial charge < -0.3 is 19.3 Å². The van der Waals surface area contributed by atoms with Gasteiger partial charge >= 0.3 is 5.97 Å². The molecule has 1 spiro atoms. The van der Waals surface area contributed by atoms with Crippen LogP contribution < -0.4 is 18.9 Å². The molecule has 1 heterocycles. The monoisotopic (exact) mass is 579 g/mol. The molecule has 0 amide bonds. The minimum Gasteiger partial charge on any atom is -0.494 e. The Hall–Kier alpha value is -3.56. The van der Waals surface area contributed by atoms with Crippen LogP contribution in [-0.2, 0) is 21.4 Å². The van der Waals surface area contributed by atoms with E-state index < -0.39 is 16.0 Å². The van der Waals surface area contributed by atoms with Gasteiger partial charge in [0.15, 0.2) is 0 Å². The van der Waals surface area contributed by atoms with Gasteiger partial charge in [0.05, 0.1) is 19.3 Å². The summed E-state index contributed by atoms with van der Waals surface area (Å²) in [6.45, 7) is 7.39. The van der Waals surface area contributed by atoms with Gasteiger partial charge in [-0.1, -0.05) is 24.3 Å². The molecular formula is C32H37NO7S. The Kier molecular flexibility index (Phi) is 8.03. The van der Waals surface area contributed by atoms with Crippen molar-refractivity contribution in [1.29, 1.82) is 0 Å². The molecule has 8 nitrogen and oxygen atoms in total. The van der Waals surface area contributed by atoms with Crippen molar-refractivity contribution in [3.63, 3.8) is 0 Å². The largest absolute Gasteiger partial charge is 0.494 e. The van der Waals surface area contributed by atoms with Crippen LogP contribution in [0.4, 0.5) is 0 Å². The molecule has 0 bridgehead atoms. The number of carboxylic acids is 1. The number of carboxylic acid groups (broad SMARTS) is 1. The van der Waals surface area contributed by atoms with Crippen molar-refractivity contribution in [2.75, 3.05) is 19.4 Å². The lowest BCUT2D eigenvalue weighted by Gasteiger charge is -2.18. The van der Waals surface area contributed by atoms with Crippen molar-refractivity contribution < 1.29 is 32.5 Å². The smallest absolute Gasteiger partial charge is 0.304 e. The summed E-state index contributed by atoms with van der Waals surface area (Å²) in [7, 11) is -3.19. The number of hydrogen-bond acceptors (Lipinski definition) is 6. The molecule has 1 aliphatic carbocycles. The Bertz CT molecular complexity index is 1550. The maximum Gasteiger partial charge on any atom is 0.304 e. The molecule has 1 fully saturated rings. The fourth-order valence-electron chi connectivity index (χ4n) is 5.82. The second-order valence-electron chi connectivity index (χ2n) is 11.2. The average molecular weight is 580 g/mol. The summed E-state index contributed by atoms with van der Waals surface area (Å²) in [5.74, 6) is 1.28. The van der Waals surface area contributed by atoms with E-state index in [2.05, 4.69) is 37.6 Å². The van der Waals surface area contributed by atoms with E-state index in [1.807, 2.05) is 36.4 Å². The fourth-order valence-corrected chi connectivity index (χ4v) is 6.34. The van der Waals surface area contributed by atoms with E-state index in [9.17, 15) is 18.3 Å². The molecule has 218 valence electrons. The van der Waals surface area contributed by atoms with Crippen LogP contribution in [0.5, 0.6) is 17.2 Å². The number of rotatable bonds is 12. The Morgan fingerprint density at radius 3 is 2.44 bits per heavy atom. The van der Waals surface area contributed by atoms with Gasteiger partial charge in [0, 0.05) is 24.1 Å². The van der Waals surface area contributed by atoms with Crippen molar-refractivity contribution in [2.45, 2.75) is 64.6 Å². The van der Waals surface area contributed by atoms with Crippen molar-refractivity contribution in [2.24, 2.45) is 0 Å². The molecule has 1 saturated carbocycles. The first kappa shape index (κ1) is 29.0. The van der Waals surface area contributed by atoms with Gasteiger partial charge in [-0.15, -0.1) is 0 Å². The van der Waals surface area contributed by atoms with E-state index in [0.717, 1.165) is 69.5 Å². The molecule has 2 aliphatic rings. The molecule has 9 heteroatoms. The lowest BCUT2D eigenvalue weighted by Crippen LogP contribution is -2.24. The minimum absolute atomic E-state index is 0.0774. The summed E-state index contributed by atoms with van der Waals surface area (Å²) in [4.78, 5) is 11.4. The number of sulfonamides is 1. The number of aryl methyl sites for hydroxylation is 2. The van der Waals surface area contributed by atoms with Gasteiger partial charge in [-0.3, -0.25) is 4.79 Å². The highest BCUT2D eigenvalue weighted by molar-refractivity contribution is 7.88. The zero-order valence-electron chi connectivity index (χ0n) is 24.0. The number of hydrogen-bond donors (Lipinski definition) is 2. The van der Waals surface area contributed by atoms with Crippen molar-refractivity contribution in [3.8, 4) is 28.4 Å². The number of benzene rings is 3. The van der Waals surface area contributed by atoms with Crippen LogP contribution in [0, 0.1) is 20.8 Å². The normalized spacial score (nSPS) is 16.7. The quantitative estimate of drug-likeness (QED) is 0.266. The Labute approximate surface area is 241 Å². The van der Waals surface area contributed by atoms with Crippen molar-refractivity contribution in [3.05, 3.63) is 76.3 Å². The van der Waals surface area contributed by atoms with Gasteiger partial charge in [0.1, 0.15) is 29.5 Å². The van der Waals surface area contributed by atoms with Crippen LogP contribution in [0.25, 0.3) is 11.1 Å². The molecule has 1 atom stereocenters. The summed E-state index contributed by atoms with van der Waals surface area (Å²) in [6.07, 6.45) is 3.57. The standard InChI is InChI=1S/C32H37NO7S/c1-20-15-25(38-14-6-13-33-41(4,36)37)16-21(2)31(20)26-8-5-7-23(22(26)3)19-39-24-9-10-27-28(18-30(34)35)32(11-12-32)40-29(27)17-24/h5,7-10,15-17,28,33H,6,11-14,18-19H2,1-4H3,(H,34,35). The summed E-state index contributed by atoms with van der Waals surface area (Å²) in [6, 6.07) is 16.0. The van der Waals surface area contributed by atoms with Gasteiger partial charge in [0.2, 0.25) is 10.0 Å². The second-order valence-corrected chi connectivity index (χ2v) is 13.0. The Morgan fingerprint density at radius 1 is 1.05 bits per heavy atom. The van der Waals surface area contributed by atoms with Crippen LogP contribution in [-0.4, -0.2) is 44.5 Å². The molecule has 5 rings (SSSR count). The lowest BCUT2D eigenvalue weighted by molar-refractivity contribution is -0.138. The van der Waals surface area contributed by atoms with E-state index in [-0.39, 0.29) is 17.9 Å². The minimum atomic E-state index is -3.19. The summed E-state index contributed by atoms with van der Waals surface area (Å²) < 4.78 is 43.2. The molecular weight excluding hydrogens is 542 g/mol. The average Bonchev–Trinajstić information content (AvgIpc) is 3.60. The molecule has 1 aliphatic heterocycles. The summed E-state index contributed by atoms with van der Waals surface area (Å²) in [5.41, 5.74) is 7.29. The van der Waals surface area contributed by atoms with E-state index in [1.165, 1.54) is 0 Å². The first-order valence-electron chi connectivity index (χ1n) is 13.9. The van der Waals surface area contributed by atoms with Gasteiger partial charge in [-0.25, -0.2) is 13.1 Å². The van der Waals surface area contributed by atoms with E-state index >= 15 is 0 Å². The third-order valence-electron chi connectivity index (χ3n) is 8.00. The van der Waals surface area contributed by atoms with Crippen LogP contribution in [0.2, 0.25) is 0 Å². The van der Waals surface area contributed by atoms with Gasteiger partial charge in [0.25, 0.3) is 0 Å². The van der Waals surface area contributed by atoms with Gasteiger partial charge in [-0.2, -0.15) is 0 Å². The SMILES string of the molecule is Cc1cc(OCCCNS(C)(=O)=O)cc(C)c1-c1cccc(COc2ccc3c(c2)OC2(CC2)C3CC(=O)O)c1C. The number of fused-ring (bicyclic) bond motifs is 1. The lowest BCUT2D eigenvalue weighted by atomic mass is 9.90. The van der Waals surface area contributed by atoms with E-state index in [0.29, 0.717) is 31.9 Å². The third-order valence-corrected chi connectivity index (χ3v) is 8.73.